The number of aryl methyl sites for hydroxylation is 2. The zero-order chi connectivity index (χ0) is 24.4. The van der Waals surface area contributed by atoms with Gasteiger partial charge in [0.05, 0.1) is 12.6 Å². The van der Waals surface area contributed by atoms with Gasteiger partial charge in [-0.2, -0.15) is 4.57 Å². The lowest BCUT2D eigenvalue weighted by Gasteiger charge is -2.18. The Labute approximate surface area is 201 Å². The number of aromatic nitrogens is 3. The van der Waals surface area contributed by atoms with Gasteiger partial charge in [0.1, 0.15) is 11.2 Å². The second-order valence-corrected chi connectivity index (χ2v) is 11.4. The fourth-order valence-electron chi connectivity index (χ4n) is 4.63. The third-order valence-corrected chi connectivity index (χ3v) is 6.62. The summed E-state index contributed by atoms with van der Waals surface area (Å²) in [6.45, 7) is 15.3. The molecule has 0 saturated carbocycles. The molecule has 0 aliphatic rings. The molecular formula is C30H34N3O+. The minimum Gasteiger partial charge on any atom is -0.440 e. The number of fused-ring (bicyclic) bond motifs is 2. The van der Waals surface area contributed by atoms with Gasteiger partial charge in [-0.25, -0.2) is 9.55 Å². The Balaban J connectivity index is 1.79. The molecule has 0 fully saturated rings. The first-order valence-electron chi connectivity index (χ1n) is 12.0. The van der Waals surface area contributed by atoms with Crippen LogP contribution in [0.5, 0.6) is 0 Å². The molecule has 2 aromatic heterocycles. The fraction of sp³-hybridized carbons (Fsp3) is 0.333. The summed E-state index contributed by atoms with van der Waals surface area (Å²) >= 11 is 0. The average Bonchev–Trinajstić information content (AvgIpc) is 3.31. The second-order valence-electron chi connectivity index (χ2n) is 11.4. The van der Waals surface area contributed by atoms with Crippen LogP contribution >= 0.6 is 0 Å². The molecule has 4 nitrogen and oxygen atoms in total. The van der Waals surface area contributed by atoms with Gasteiger partial charge in [-0.1, -0.05) is 65.8 Å². The number of hydrogen-bond acceptors (Lipinski definition) is 2. The Morgan fingerprint density at radius 1 is 0.853 bits per heavy atom. The van der Waals surface area contributed by atoms with Gasteiger partial charge in [0.15, 0.2) is 16.6 Å². The highest BCUT2D eigenvalue weighted by molar-refractivity contribution is 5.84. The van der Waals surface area contributed by atoms with Gasteiger partial charge in [0, 0.05) is 5.41 Å². The Hall–Kier alpha value is -3.40. The first-order valence-corrected chi connectivity index (χ1v) is 12.0. The molecule has 0 amide bonds. The molecular weight excluding hydrogens is 418 g/mol. The van der Waals surface area contributed by atoms with Gasteiger partial charge in [-0.3, -0.25) is 0 Å². The lowest BCUT2D eigenvalue weighted by Crippen LogP contribution is -2.30. The lowest BCUT2D eigenvalue weighted by molar-refractivity contribution is -0.633. The van der Waals surface area contributed by atoms with E-state index >= 15 is 0 Å². The molecule has 0 radical (unpaired) electrons. The summed E-state index contributed by atoms with van der Waals surface area (Å²) in [6, 6.07) is 21.8. The highest BCUT2D eigenvalue weighted by Crippen LogP contribution is 2.34. The van der Waals surface area contributed by atoms with E-state index in [0.717, 1.165) is 34.1 Å². The number of nitrogens with zero attached hydrogens (tertiary/aromatic N) is 3. The van der Waals surface area contributed by atoms with Crippen molar-refractivity contribution in [3.05, 3.63) is 77.7 Å². The van der Waals surface area contributed by atoms with E-state index in [9.17, 15) is 0 Å². The lowest BCUT2D eigenvalue weighted by atomic mass is 9.87. The molecule has 0 bridgehead atoms. The minimum absolute atomic E-state index is 0.115. The van der Waals surface area contributed by atoms with Gasteiger partial charge in [-0.05, 0) is 59.9 Å². The summed E-state index contributed by atoms with van der Waals surface area (Å²) in [5.41, 5.74) is 8.86. The molecule has 0 aliphatic carbocycles. The zero-order valence-corrected chi connectivity index (χ0v) is 21.5. The van der Waals surface area contributed by atoms with Crippen molar-refractivity contribution in [2.75, 3.05) is 0 Å². The van der Waals surface area contributed by atoms with Crippen molar-refractivity contribution in [1.82, 2.24) is 9.55 Å². The van der Waals surface area contributed by atoms with Crippen molar-refractivity contribution in [2.45, 2.75) is 59.3 Å². The average molecular weight is 453 g/mol. The maximum absolute atomic E-state index is 6.23. The third kappa shape index (κ3) is 3.62. The quantitative estimate of drug-likeness (QED) is 0.266. The highest BCUT2D eigenvalue weighted by atomic mass is 16.3. The summed E-state index contributed by atoms with van der Waals surface area (Å²) < 4.78 is 10.9. The first kappa shape index (κ1) is 22.4. The largest absolute Gasteiger partial charge is 0.440 e. The van der Waals surface area contributed by atoms with Crippen LogP contribution in [0.3, 0.4) is 0 Å². The van der Waals surface area contributed by atoms with Gasteiger partial charge in [0.25, 0.3) is 5.82 Å². The van der Waals surface area contributed by atoms with Crippen molar-refractivity contribution in [2.24, 2.45) is 7.05 Å². The van der Waals surface area contributed by atoms with Crippen molar-refractivity contribution >= 4 is 22.1 Å². The molecule has 0 unspecified atom stereocenters. The molecule has 4 heteroatoms. The number of hydrogen-bond donors (Lipinski definition) is 0. The van der Waals surface area contributed by atoms with Gasteiger partial charge in [0.2, 0.25) is 5.89 Å². The summed E-state index contributed by atoms with van der Waals surface area (Å²) in [5, 5.41) is 0. The minimum atomic E-state index is -0.137. The molecule has 0 aliphatic heterocycles. The number of rotatable bonds is 2. The Morgan fingerprint density at radius 3 is 2.18 bits per heavy atom. The van der Waals surface area contributed by atoms with E-state index in [1.807, 2.05) is 0 Å². The first-order chi connectivity index (χ1) is 15.9. The Kier molecular flexibility index (Phi) is 4.98. The maximum atomic E-state index is 6.23. The molecule has 0 spiro atoms. The van der Waals surface area contributed by atoms with Crippen LogP contribution < -0.4 is 4.57 Å². The molecule has 2 heterocycles. The molecule has 5 rings (SSSR count). The van der Waals surface area contributed by atoms with Crippen LogP contribution in [0.2, 0.25) is 0 Å². The third-order valence-electron chi connectivity index (χ3n) is 6.62. The molecule has 5 aromatic rings. The van der Waals surface area contributed by atoms with E-state index in [-0.39, 0.29) is 10.8 Å². The van der Waals surface area contributed by atoms with Crippen molar-refractivity contribution in [1.29, 1.82) is 0 Å². The standard InChI is InChI=1S/C30H34N3O/c1-19-17-23-26(34-28(31-23)30(5,6)7)18-22(19)27-32(8)24-11-9-10-12-25(24)33(27)21-15-13-20(14-16-21)29(2,3)4/h9-18H,1-8H3/q+1. The monoisotopic (exact) mass is 452 g/mol. The van der Waals surface area contributed by atoms with E-state index in [1.165, 1.54) is 22.2 Å². The van der Waals surface area contributed by atoms with Crippen LogP contribution in [0.25, 0.3) is 39.2 Å². The Morgan fingerprint density at radius 2 is 1.53 bits per heavy atom. The summed E-state index contributed by atoms with van der Waals surface area (Å²) in [7, 11) is 2.14. The number of benzene rings is 3. The van der Waals surface area contributed by atoms with Crippen molar-refractivity contribution in [3.8, 4) is 17.1 Å². The predicted molar refractivity (Wildman–Crippen MR) is 140 cm³/mol. The Bertz CT molecular complexity index is 1520. The topological polar surface area (TPSA) is 34.8 Å². The van der Waals surface area contributed by atoms with Crippen LogP contribution in [-0.4, -0.2) is 9.55 Å². The second kappa shape index (κ2) is 7.56. The van der Waals surface area contributed by atoms with Gasteiger partial charge >= 0.3 is 0 Å². The van der Waals surface area contributed by atoms with Gasteiger partial charge < -0.3 is 4.42 Å². The SMILES string of the molecule is Cc1cc2nc(C(C)(C)C)oc2cc1-c1n(-c2ccc(C(C)(C)C)cc2)c2ccccc2[n+]1C. The smallest absolute Gasteiger partial charge is 0.295 e. The van der Waals surface area contributed by atoms with E-state index in [2.05, 4.69) is 125 Å². The van der Waals surface area contributed by atoms with Crippen LogP contribution in [0, 0.1) is 6.92 Å². The molecule has 34 heavy (non-hydrogen) atoms. The van der Waals surface area contributed by atoms with Crippen LogP contribution in [0.4, 0.5) is 0 Å². The van der Waals surface area contributed by atoms with Gasteiger partial charge in [-0.15, -0.1) is 0 Å². The van der Waals surface area contributed by atoms with E-state index < -0.39 is 0 Å². The molecule has 174 valence electrons. The van der Waals surface area contributed by atoms with Crippen LogP contribution in [0.15, 0.2) is 65.1 Å². The van der Waals surface area contributed by atoms with Crippen molar-refractivity contribution < 1.29 is 8.98 Å². The number of imidazole rings is 1. The van der Waals surface area contributed by atoms with Crippen LogP contribution in [0.1, 0.15) is 58.6 Å². The van der Waals surface area contributed by atoms with E-state index in [4.69, 9.17) is 9.40 Å². The normalized spacial score (nSPS) is 12.7. The fourth-order valence-corrected chi connectivity index (χ4v) is 4.63. The number of para-hydroxylation sites is 2. The van der Waals surface area contributed by atoms with Crippen molar-refractivity contribution in [3.63, 3.8) is 0 Å². The predicted octanol–water partition coefficient (Wildman–Crippen LogP) is 7.17. The van der Waals surface area contributed by atoms with E-state index in [1.54, 1.807) is 0 Å². The zero-order valence-electron chi connectivity index (χ0n) is 21.5. The molecule has 0 atom stereocenters. The molecule has 0 N–H and O–H groups in total. The number of oxazole rings is 1. The summed E-state index contributed by atoms with van der Waals surface area (Å²) in [4.78, 5) is 4.78. The highest BCUT2D eigenvalue weighted by Gasteiger charge is 2.29. The van der Waals surface area contributed by atoms with E-state index in [0.29, 0.717) is 0 Å². The molecule has 0 saturated heterocycles. The van der Waals surface area contributed by atoms with Crippen LogP contribution in [-0.2, 0) is 17.9 Å². The maximum Gasteiger partial charge on any atom is 0.295 e. The molecule has 3 aromatic carbocycles. The summed E-state index contributed by atoms with van der Waals surface area (Å²) in [6.07, 6.45) is 0. The summed E-state index contributed by atoms with van der Waals surface area (Å²) in [5.74, 6) is 1.89.